The van der Waals surface area contributed by atoms with Crippen molar-refractivity contribution in [3.63, 3.8) is 0 Å². The highest BCUT2D eigenvalue weighted by atomic mass is 32.2. The Morgan fingerprint density at radius 2 is 2.21 bits per heavy atom. The van der Waals surface area contributed by atoms with E-state index >= 15 is 0 Å². The summed E-state index contributed by atoms with van der Waals surface area (Å²) in [6.07, 6.45) is 2.33. The van der Waals surface area contributed by atoms with Crippen molar-refractivity contribution >= 4 is 18.9 Å². The summed E-state index contributed by atoms with van der Waals surface area (Å²) in [6, 6.07) is 0. The van der Waals surface area contributed by atoms with Crippen molar-refractivity contribution in [3.05, 3.63) is 0 Å². The average molecular weight is 216 g/mol. The van der Waals surface area contributed by atoms with E-state index in [9.17, 15) is 0 Å². The van der Waals surface area contributed by atoms with E-state index in [1.165, 1.54) is 5.75 Å². The Morgan fingerprint density at radius 1 is 1.50 bits per heavy atom. The van der Waals surface area contributed by atoms with Crippen LogP contribution in [0, 0.1) is 0 Å². The van der Waals surface area contributed by atoms with Crippen LogP contribution < -0.4 is 0 Å². The van der Waals surface area contributed by atoms with Gasteiger partial charge in [-0.3, -0.25) is 0 Å². The first-order chi connectivity index (χ1) is 6.53. The summed E-state index contributed by atoms with van der Waals surface area (Å²) < 4.78 is 11.6. The lowest BCUT2D eigenvalue weighted by Crippen LogP contribution is -2.45. The van der Waals surface area contributed by atoms with Crippen molar-refractivity contribution in [2.24, 2.45) is 0 Å². The highest BCUT2D eigenvalue weighted by Gasteiger charge is 2.36. The van der Waals surface area contributed by atoms with Gasteiger partial charge in [0, 0.05) is 6.10 Å². The van der Waals surface area contributed by atoms with Crippen LogP contribution in [0.4, 0.5) is 0 Å². The Labute approximate surface area is 92.3 Å². The van der Waals surface area contributed by atoms with Crippen molar-refractivity contribution in [1.29, 1.82) is 0 Å². The lowest BCUT2D eigenvalue weighted by Gasteiger charge is -2.38. The van der Waals surface area contributed by atoms with E-state index in [1.807, 2.05) is 11.8 Å². The van der Waals surface area contributed by atoms with E-state index in [0.29, 0.717) is 6.10 Å². The van der Waals surface area contributed by atoms with Gasteiger partial charge in [-0.1, -0.05) is 6.92 Å². The third kappa shape index (κ3) is 4.24. The second-order valence-corrected chi connectivity index (χ2v) is 5.84. The van der Waals surface area contributed by atoms with Gasteiger partial charge in [-0.05, 0) is 45.0 Å². The molecule has 0 aromatic rings. The largest absolute Gasteiger partial charge is 0.458 e. The van der Waals surface area contributed by atoms with Crippen molar-refractivity contribution in [1.82, 2.24) is 0 Å². The summed E-state index contributed by atoms with van der Waals surface area (Å²) >= 11 is 1.94. The molecule has 0 bridgehead atoms. The molecule has 1 aliphatic heterocycles. The molecule has 14 heavy (non-hydrogen) atoms. The fourth-order valence-corrected chi connectivity index (χ4v) is 2.53. The fraction of sp³-hybridized carbons (Fsp3) is 1.00. The zero-order chi connectivity index (χ0) is 10.6. The minimum absolute atomic E-state index is 0.00722. The van der Waals surface area contributed by atoms with Crippen LogP contribution in [-0.4, -0.2) is 30.3 Å². The molecule has 0 saturated carbocycles. The molecule has 1 rings (SSSR count). The van der Waals surface area contributed by atoms with E-state index in [1.54, 1.807) is 0 Å². The maximum Gasteiger partial charge on any atom is 0.458 e. The Kier molecular flexibility index (Phi) is 4.81. The Morgan fingerprint density at radius 3 is 2.79 bits per heavy atom. The molecule has 4 heteroatoms. The van der Waals surface area contributed by atoms with Crippen LogP contribution in [0.5, 0.6) is 0 Å². The summed E-state index contributed by atoms with van der Waals surface area (Å²) in [5, 5.41) is 0. The average Bonchev–Trinajstić information content (AvgIpc) is 2.00. The minimum Gasteiger partial charge on any atom is -0.409 e. The third-order valence-electron chi connectivity index (χ3n) is 2.32. The molecule has 0 aromatic carbocycles. The van der Waals surface area contributed by atoms with E-state index in [-0.39, 0.29) is 12.7 Å². The quantitative estimate of drug-likeness (QED) is 0.531. The van der Waals surface area contributed by atoms with Crippen molar-refractivity contribution in [2.45, 2.75) is 52.1 Å². The first-order valence-electron chi connectivity index (χ1n) is 5.44. The van der Waals surface area contributed by atoms with Gasteiger partial charge in [0.25, 0.3) is 0 Å². The van der Waals surface area contributed by atoms with Gasteiger partial charge in [0.1, 0.15) is 0 Å². The van der Waals surface area contributed by atoms with Gasteiger partial charge in [-0.15, -0.1) is 0 Å². The van der Waals surface area contributed by atoms with Gasteiger partial charge >= 0.3 is 7.12 Å². The number of hydrogen-bond acceptors (Lipinski definition) is 3. The van der Waals surface area contributed by atoms with Crippen LogP contribution in [0.1, 0.15) is 34.1 Å². The standard InChI is InChI=1S/C10H21BO2S/c1-5-14-7-6-11-12-9(2)8-10(3,4)13-11/h9H,5-8H2,1-4H3. The topological polar surface area (TPSA) is 18.5 Å². The summed E-state index contributed by atoms with van der Waals surface area (Å²) in [7, 11) is 0.00722. The minimum atomic E-state index is -0.0147. The molecule has 1 heterocycles. The molecule has 0 N–H and O–H groups in total. The van der Waals surface area contributed by atoms with Crippen molar-refractivity contribution in [3.8, 4) is 0 Å². The molecule has 1 unspecified atom stereocenters. The van der Waals surface area contributed by atoms with Gasteiger partial charge in [-0.2, -0.15) is 11.8 Å². The molecular formula is C10H21BO2S. The smallest absolute Gasteiger partial charge is 0.409 e. The maximum absolute atomic E-state index is 5.86. The zero-order valence-corrected chi connectivity index (χ0v) is 10.5. The summed E-state index contributed by atoms with van der Waals surface area (Å²) in [4.78, 5) is 0. The molecule has 0 spiro atoms. The predicted octanol–water partition coefficient (Wildman–Crippen LogP) is 2.83. The van der Waals surface area contributed by atoms with Crippen LogP contribution in [-0.2, 0) is 9.31 Å². The molecule has 1 atom stereocenters. The van der Waals surface area contributed by atoms with Gasteiger partial charge in [0.05, 0.1) is 5.60 Å². The molecule has 0 aliphatic carbocycles. The van der Waals surface area contributed by atoms with Gasteiger partial charge in [0.2, 0.25) is 0 Å². The molecule has 0 amide bonds. The number of thioether (sulfide) groups is 1. The lowest BCUT2D eigenvalue weighted by molar-refractivity contribution is -0.0281. The second kappa shape index (κ2) is 5.43. The molecule has 1 saturated heterocycles. The highest BCUT2D eigenvalue weighted by Crippen LogP contribution is 2.27. The predicted molar refractivity (Wildman–Crippen MR) is 63.9 cm³/mol. The van der Waals surface area contributed by atoms with Gasteiger partial charge < -0.3 is 9.31 Å². The molecule has 1 fully saturated rings. The van der Waals surface area contributed by atoms with Crippen molar-refractivity contribution in [2.75, 3.05) is 11.5 Å². The first-order valence-corrected chi connectivity index (χ1v) is 6.60. The Bertz CT molecular complexity index is 176. The van der Waals surface area contributed by atoms with E-state index < -0.39 is 0 Å². The molecule has 2 nitrogen and oxygen atoms in total. The number of rotatable bonds is 4. The Balaban J connectivity index is 2.30. The monoisotopic (exact) mass is 216 g/mol. The molecule has 0 aromatic heterocycles. The van der Waals surface area contributed by atoms with Gasteiger partial charge in [0.15, 0.2) is 0 Å². The second-order valence-electron chi connectivity index (χ2n) is 4.44. The van der Waals surface area contributed by atoms with Crippen LogP contribution in [0.25, 0.3) is 0 Å². The Hall–Kier alpha value is 0.335. The third-order valence-corrected chi connectivity index (χ3v) is 3.25. The summed E-state index contributed by atoms with van der Waals surface area (Å²) in [5.74, 6) is 2.30. The van der Waals surface area contributed by atoms with E-state index in [2.05, 4.69) is 27.7 Å². The lowest BCUT2D eigenvalue weighted by atomic mass is 9.80. The molecule has 1 aliphatic rings. The number of hydrogen-bond donors (Lipinski definition) is 0. The maximum atomic E-state index is 5.86. The van der Waals surface area contributed by atoms with Crippen LogP contribution in [0.15, 0.2) is 0 Å². The van der Waals surface area contributed by atoms with E-state index in [0.717, 1.165) is 18.5 Å². The van der Waals surface area contributed by atoms with Crippen LogP contribution in [0.2, 0.25) is 6.32 Å². The summed E-state index contributed by atoms with van der Waals surface area (Å²) in [6.45, 7) is 8.60. The van der Waals surface area contributed by atoms with Crippen LogP contribution in [0.3, 0.4) is 0 Å². The molecular weight excluding hydrogens is 195 g/mol. The molecule has 0 radical (unpaired) electrons. The van der Waals surface area contributed by atoms with E-state index in [4.69, 9.17) is 9.31 Å². The molecule has 82 valence electrons. The SMILES string of the molecule is CCSCCB1OC(C)CC(C)(C)O1. The first kappa shape index (κ1) is 12.4. The summed E-state index contributed by atoms with van der Waals surface area (Å²) in [5.41, 5.74) is -0.0147. The zero-order valence-electron chi connectivity index (χ0n) is 9.71. The van der Waals surface area contributed by atoms with Crippen molar-refractivity contribution < 1.29 is 9.31 Å². The van der Waals surface area contributed by atoms with Gasteiger partial charge in [-0.25, -0.2) is 0 Å². The fourth-order valence-electron chi connectivity index (χ4n) is 1.88. The normalized spacial score (nSPS) is 26.6. The highest BCUT2D eigenvalue weighted by molar-refractivity contribution is 7.99. The van der Waals surface area contributed by atoms with Crippen LogP contribution >= 0.6 is 11.8 Å².